The van der Waals surface area contributed by atoms with Gasteiger partial charge in [0.15, 0.2) is 0 Å². The third-order valence-electron chi connectivity index (χ3n) is 4.62. The Hall–Kier alpha value is -2.52. The number of halogens is 3. The Morgan fingerprint density at radius 1 is 1.24 bits per heavy atom. The van der Waals surface area contributed by atoms with Crippen LogP contribution in [0, 0.1) is 28.8 Å². The van der Waals surface area contributed by atoms with Gasteiger partial charge in [-0.15, -0.1) is 0 Å². The Labute approximate surface area is 170 Å². The molecule has 0 fully saturated rings. The number of nitrogens with two attached hydrogens (primary N) is 1. The Morgan fingerprint density at radius 3 is 2.55 bits per heavy atom. The van der Waals surface area contributed by atoms with Gasteiger partial charge in [0.25, 0.3) is 0 Å². The predicted molar refractivity (Wildman–Crippen MR) is 105 cm³/mol. The second kappa shape index (κ2) is 8.46. The largest absolute Gasteiger partial charge is 0.493 e. The van der Waals surface area contributed by atoms with Crippen LogP contribution < -0.4 is 15.8 Å². The van der Waals surface area contributed by atoms with Gasteiger partial charge in [0, 0.05) is 30.0 Å². The molecule has 3 rings (SSSR count). The Morgan fingerprint density at radius 2 is 1.93 bits per heavy atom. The van der Waals surface area contributed by atoms with Crippen LogP contribution in [0.3, 0.4) is 0 Å². The lowest BCUT2D eigenvalue weighted by molar-refractivity contribution is -0.120. The zero-order valence-electron chi connectivity index (χ0n) is 15.6. The molecule has 1 amide bonds. The average molecular weight is 423 g/mol. The van der Waals surface area contributed by atoms with Gasteiger partial charge in [0.2, 0.25) is 5.91 Å². The highest BCUT2D eigenvalue weighted by molar-refractivity contribution is 8.15. The molecule has 5 nitrogen and oxygen atoms in total. The average Bonchev–Trinajstić information content (AvgIpc) is 2.63. The van der Waals surface area contributed by atoms with Crippen molar-refractivity contribution in [2.45, 2.75) is 18.2 Å². The molecule has 2 aromatic rings. The van der Waals surface area contributed by atoms with E-state index < -0.39 is 34.1 Å². The summed E-state index contributed by atoms with van der Waals surface area (Å²) in [7, 11) is 0. The fourth-order valence-corrected chi connectivity index (χ4v) is 4.81. The van der Waals surface area contributed by atoms with E-state index >= 15 is 0 Å². The number of hydrogen-bond acceptors (Lipinski definition) is 5. The van der Waals surface area contributed by atoms with Crippen LogP contribution >= 0.6 is 11.8 Å². The zero-order chi connectivity index (χ0) is 21.2. The minimum Gasteiger partial charge on any atom is -0.493 e. The molecule has 1 aliphatic heterocycles. The van der Waals surface area contributed by atoms with Gasteiger partial charge < -0.3 is 15.8 Å². The van der Waals surface area contributed by atoms with Crippen LogP contribution in [0.1, 0.15) is 24.5 Å². The SMILES string of the molecule is CC(=O)N[C@]1(SC(=N)c2cc(F)cc(F)c2)c2cc(F)ccc2OC[C@H]1CCN. The first-order valence-corrected chi connectivity index (χ1v) is 9.72. The van der Waals surface area contributed by atoms with Crippen molar-refractivity contribution in [2.24, 2.45) is 11.7 Å². The van der Waals surface area contributed by atoms with E-state index in [1.54, 1.807) is 0 Å². The second-order valence-electron chi connectivity index (χ2n) is 6.73. The van der Waals surface area contributed by atoms with Crippen molar-refractivity contribution in [3.63, 3.8) is 0 Å². The second-order valence-corrected chi connectivity index (χ2v) is 7.99. The molecule has 1 heterocycles. The van der Waals surface area contributed by atoms with Crippen molar-refractivity contribution in [2.75, 3.05) is 13.2 Å². The molecule has 0 saturated heterocycles. The third-order valence-corrected chi connectivity index (χ3v) is 6.04. The molecule has 0 spiro atoms. The van der Waals surface area contributed by atoms with E-state index in [2.05, 4.69) is 5.32 Å². The molecule has 29 heavy (non-hydrogen) atoms. The van der Waals surface area contributed by atoms with Crippen LogP contribution in [0.5, 0.6) is 5.75 Å². The lowest BCUT2D eigenvalue weighted by Gasteiger charge is -2.44. The number of fused-ring (bicyclic) bond motifs is 1. The van der Waals surface area contributed by atoms with Gasteiger partial charge in [-0.05, 0) is 43.3 Å². The van der Waals surface area contributed by atoms with E-state index in [9.17, 15) is 18.0 Å². The quantitative estimate of drug-likeness (QED) is 0.390. The summed E-state index contributed by atoms with van der Waals surface area (Å²) in [6, 6.07) is 6.69. The smallest absolute Gasteiger partial charge is 0.218 e. The standard InChI is InChI=1S/C20H20F3N3O2S/c1-11(27)26-20(29-19(25)12-6-15(22)8-16(23)7-12)13(4-5-24)10-28-18-3-2-14(21)9-17(18)20/h2-3,6-9,13,25H,4-5,10,24H2,1H3,(H,26,27)/t13-,20-/m1/s1. The maximum atomic E-state index is 14.1. The first-order valence-electron chi connectivity index (χ1n) is 8.91. The van der Waals surface area contributed by atoms with Crippen LogP contribution in [-0.2, 0) is 9.67 Å². The summed E-state index contributed by atoms with van der Waals surface area (Å²) < 4.78 is 47.1. The number of benzene rings is 2. The summed E-state index contributed by atoms with van der Waals surface area (Å²) in [6.07, 6.45) is 0.411. The lowest BCUT2D eigenvalue weighted by Crippen LogP contribution is -2.53. The van der Waals surface area contributed by atoms with Crippen molar-refractivity contribution in [1.29, 1.82) is 5.41 Å². The normalized spacial score (nSPS) is 20.5. The number of carbonyl (C=O) groups is 1. The number of hydrogen-bond donors (Lipinski definition) is 3. The number of carbonyl (C=O) groups excluding carboxylic acids is 1. The van der Waals surface area contributed by atoms with Gasteiger partial charge in [-0.3, -0.25) is 10.2 Å². The first-order chi connectivity index (χ1) is 13.7. The highest BCUT2D eigenvalue weighted by atomic mass is 32.2. The number of ether oxygens (including phenoxy) is 1. The van der Waals surface area contributed by atoms with Crippen LogP contribution in [0.25, 0.3) is 0 Å². The fourth-order valence-electron chi connectivity index (χ4n) is 3.43. The Balaban J connectivity index is 2.13. The van der Waals surface area contributed by atoms with E-state index in [4.69, 9.17) is 15.9 Å². The summed E-state index contributed by atoms with van der Waals surface area (Å²) in [5.74, 6) is -2.64. The van der Waals surface area contributed by atoms with Crippen molar-refractivity contribution < 1.29 is 22.7 Å². The molecule has 9 heteroatoms. The Bertz CT molecular complexity index is 936. The monoisotopic (exact) mass is 423 g/mol. The fraction of sp³-hybridized carbons (Fsp3) is 0.300. The van der Waals surface area contributed by atoms with Crippen LogP contribution in [-0.4, -0.2) is 24.1 Å². The lowest BCUT2D eigenvalue weighted by atomic mass is 9.87. The van der Waals surface area contributed by atoms with Crippen molar-refractivity contribution in [3.8, 4) is 5.75 Å². The summed E-state index contributed by atoms with van der Waals surface area (Å²) in [5, 5.41) is 11.1. The summed E-state index contributed by atoms with van der Waals surface area (Å²) in [6.45, 7) is 1.75. The summed E-state index contributed by atoms with van der Waals surface area (Å²) in [5.41, 5.74) is 6.08. The molecular weight excluding hydrogens is 403 g/mol. The molecule has 2 atom stereocenters. The third kappa shape index (κ3) is 4.40. The molecule has 1 aliphatic rings. The number of amides is 1. The topological polar surface area (TPSA) is 88.2 Å². The van der Waals surface area contributed by atoms with E-state index in [1.807, 2.05) is 0 Å². The zero-order valence-corrected chi connectivity index (χ0v) is 16.4. The molecule has 0 unspecified atom stereocenters. The van der Waals surface area contributed by atoms with Crippen molar-refractivity contribution >= 4 is 22.7 Å². The van der Waals surface area contributed by atoms with Gasteiger partial charge in [-0.25, -0.2) is 13.2 Å². The molecule has 0 aliphatic carbocycles. The number of thioether (sulfide) groups is 1. The maximum absolute atomic E-state index is 14.1. The molecule has 0 saturated carbocycles. The van der Waals surface area contributed by atoms with E-state index in [1.165, 1.54) is 25.1 Å². The van der Waals surface area contributed by atoms with Crippen molar-refractivity contribution in [1.82, 2.24) is 5.32 Å². The summed E-state index contributed by atoms with van der Waals surface area (Å²) in [4.78, 5) is 10.8. The van der Waals surface area contributed by atoms with Gasteiger partial charge in [-0.1, -0.05) is 11.8 Å². The van der Waals surface area contributed by atoms with E-state index in [-0.39, 0.29) is 23.8 Å². The van der Waals surface area contributed by atoms with Crippen molar-refractivity contribution in [3.05, 3.63) is 65.0 Å². The van der Waals surface area contributed by atoms with E-state index in [0.717, 1.165) is 23.9 Å². The molecule has 0 bridgehead atoms. The van der Waals surface area contributed by atoms with Gasteiger partial charge in [0.05, 0.1) is 11.7 Å². The van der Waals surface area contributed by atoms with Gasteiger partial charge in [-0.2, -0.15) is 0 Å². The molecule has 4 N–H and O–H groups in total. The van der Waals surface area contributed by atoms with Gasteiger partial charge in [0.1, 0.15) is 28.1 Å². The highest BCUT2D eigenvalue weighted by Crippen LogP contribution is 2.50. The van der Waals surface area contributed by atoms with E-state index in [0.29, 0.717) is 23.8 Å². The maximum Gasteiger partial charge on any atom is 0.218 e. The molecular formula is C20H20F3N3O2S. The van der Waals surface area contributed by atoms with Gasteiger partial charge >= 0.3 is 0 Å². The molecule has 0 radical (unpaired) electrons. The number of rotatable bonds is 5. The Kier molecular flexibility index (Phi) is 6.18. The predicted octanol–water partition coefficient (Wildman–Crippen LogP) is 3.51. The van der Waals surface area contributed by atoms with Crippen LogP contribution in [0.15, 0.2) is 36.4 Å². The molecule has 2 aromatic carbocycles. The minimum atomic E-state index is -1.29. The van der Waals surface area contributed by atoms with Crippen LogP contribution in [0.2, 0.25) is 0 Å². The number of nitrogens with one attached hydrogen (secondary N) is 2. The molecule has 154 valence electrons. The molecule has 0 aromatic heterocycles. The first kappa shape index (κ1) is 21.2. The highest BCUT2D eigenvalue weighted by Gasteiger charge is 2.48. The summed E-state index contributed by atoms with van der Waals surface area (Å²) >= 11 is 0.882. The minimum absolute atomic E-state index is 0.00757. The van der Waals surface area contributed by atoms with Crippen LogP contribution in [0.4, 0.5) is 13.2 Å².